The number of hydrogen-bond donors (Lipinski definition) is 1. The molecule has 0 radical (unpaired) electrons. The van der Waals surface area contributed by atoms with E-state index in [-0.39, 0.29) is 24.5 Å². The molecule has 8 nitrogen and oxygen atoms in total. The summed E-state index contributed by atoms with van der Waals surface area (Å²) in [5.74, 6) is -0.0885. The molecular formula is C23H27N3O5. The molecule has 1 fully saturated rings. The molecule has 3 rings (SSSR count). The van der Waals surface area contributed by atoms with Gasteiger partial charge in [-0.15, -0.1) is 0 Å². The lowest BCUT2D eigenvalue weighted by molar-refractivity contribution is -0.116. The molecule has 3 amide bonds. The van der Waals surface area contributed by atoms with Crippen molar-refractivity contribution >= 4 is 29.3 Å². The SMILES string of the molecule is CCCCOC(=O)c1ccc(NC(=O)CN2CCN(c3ccccc3OC)C2=O)cc1. The number of unbranched alkanes of at least 4 members (excludes halogenated alkanes) is 1. The molecule has 1 heterocycles. The summed E-state index contributed by atoms with van der Waals surface area (Å²) in [6.45, 7) is 3.26. The van der Waals surface area contributed by atoms with E-state index in [0.29, 0.717) is 42.4 Å². The Hall–Kier alpha value is -3.55. The first-order valence-corrected chi connectivity index (χ1v) is 10.3. The van der Waals surface area contributed by atoms with E-state index in [1.54, 1.807) is 42.3 Å². The van der Waals surface area contributed by atoms with Crippen LogP contribution in [0.3, 0.4) is 0 Å². The van der Waals surface area contributed by atoms with Gasteiger partial charge in [-0.1, -0.05) is 25.5 Å². The summed E-state index contributed by atoms with van der Waals surface area (Å²) >= 11 is 0. The number of anilines is 2. The first kappa shape index (κ1) is 22.1. The van der Waals surface area contributed by atoms with Gasteiger partial charge in [-0.25, -0.2) is 9.59 Å². The van der Waals surface area contributed by atoms with Crippen molar-refractivity contribution in [1.29, 1.82) is 0 Å². The van der Waals surface area contributed by atoms with Crippen molar-refractivity contribution < 1.29 is 23.9 Å². The van der Waals surface area contributed by atoms with Gasteiger partial charge >= 0.3 is 12.0 Å². The van der Waals surface area contributed by atoms with Gasteiger partial charge in [0, 0.05) is 18.8 Å². The van der Waals surface area contributed by atoms with E-state index in [0.717, 1.165) is 12.8 Å². The summed E-state index contributed by atoms with van der Waals surface area (Å²) < 4.78 is 10.5. The zero-order chi connectivity index (χ0) is 22.2. The number of carbonyl (C=O) groups is 3. The van der Waals surface area contributed by atoms with Gasteiger partial charge in [0.15, 0.2) is 0 Å². The zero-order valence-corrected chi connectivity index (χ0v) is 17.8. The molecule has 0 atom stereocenters. The summed E-state index contributed by atoms with van der Waals surface area (Å²) in [4.78, 5) is 40.2. The third-order valence-electron chi connectivity index (χ3n) is 4.94. The van der Waals surface area contributed by atoms with Crippen LogP contribution in [0.1, 0.15) is 30.1 Å². The van der Waals surface area contributed by atoms with Crippen molar-refractivity contribution in [3.63, 3.8) is 0 Å². The maximum absolute atomic E-state index is 12.8. The summed E-state index contributed by atoms with van der Waals surface area (Å²) in [7, 11) is 1.56. The second-order valence-electron chi connectivity index (χ2n) is 7.14. The molecule has 2 aromatic rings. The Morgan fingerprint density at radius 2 is 1.81 bits per heavy atom. The fraction of sp³-hybridized carbons (Fsp3) is 0.348. The molecular weight excluding hydrogens is 398 g/mol. The number of methoxy groups -OCH3 is 1. The number of carbonyl (C=O) groups excluding carboxylic acids is 3. The van der Waals surface area contributed by atoms with Crippen LogP contribution < -0.4 is 15.0 Å². The van der Waals surface area contributed by atoms with Crippen molar-refractivity contribution in [1.82, 2.24) is 4.90 Å². The van der Waals surface area contributed by atoms with Gasteiger partial charge in [0.25, 0.3) is 0 Å². The summed E-state index contributed by atoms with van der Waals surface area (Å²) in [5.41, 5.74) is 1.65. The van der Waals surface area contributed by atoms with Crippen molar-refractivity contribution in [3.05, 3.63) is 54.1 Å². The smallest absolute Gasteiger partial charge is 0.338 e. The Morgan fingerprint density at radius 3 is 2.52 bits per heavy atom. The molecule has 1 saturated heterocycles. The Balaban J connectivity index is 1.54. The molecule has 0 aliphatic carbocycles. The number of nitrogens with one attached hydrogen (secondary N) is 1. The van der Waals surface area contributed by atoms with Gasteiger partial charge < -0.3 is 19.7 Å². The van der Waals surface area contributed by atoms with Crippen molar-refractivity contribution in [2.45, 2.75) is 19.8 Å². The lowest BCUT2D eigenvalue weighted by Crippen LogP contribution is -2.37. The largest absolute Gasteiger partial charge is 0.495 e. The Morgan fingerprint density at radius 1 is 1.06 bits per heavy atom. The molecule has 0 unspecified atom stereocenters. The lowest BCUT2D eigenvalue weighted by Gasteiger charge is -2.20. The molecule has 8 heteroatoms. The van der Waals surface area contributed by atoms with Crippen LogP contribution in [-0.2, 0) is 9.53 Å². The molecule has 1 aliphatic heterocycles. The number of ether oxygens (including phenoxy) is 2. The molecule has 1 aliphatic rings. The lowest BCUT2D eigenvalue weighted by atomic mass is 10.2. The maximum atomic E-state index is 12.8. The van der Waals surface area contributed by atoms with Crippen LogP contribution >= 0.6 is 0 Å². The number of nitrogens with zero attached hydrogens (tertiary/aromatic N) is 2. The van der Waals surface area contributed by atoms with Crippen LogP contribution in [0.2, 0.25) is 0 Å². The second-order valence-corrected chi connectivity index (χ2v) is 7.14. The average Bonchev–Trinajstić information content (AvgIpc) is 3.14. The van der Waals surface area contributed by atoms with E-state index in [1.807, 2.05) is 25.1 Å². The van der Waals surface area contributed by atoms with Gasteiger partial charge in [-0.05, 0) is 42.8 Å². The second kappa shape index (κ2) is 10.5. The van der Waals surface area contributed by atoms with E-state index >= 15 is 0 Å². The Labute approximate surface area is 181 Å². The van der Waals surface area contributed by atoms with E-state index in [1.165, 1.54) is 4.90 Å². The van der Waals surface area contributed by atoms with Crippen LogP contribution in [0.15, 0.2) is 48.5 Å². The predicted molar refractivity (Wildman–Crippen MR) is 118 cm³/mol. The number of amides is 3. The highest BCUT2D eigenvalue weighted by Crippen LogP contribution is 2.30. The number of rotatable bonds is 9. The van der Waals surface area contributed by atoms with Gasteiger partial charge in [0.05, 0.1) is 25.0 Å². The quantitative estimate of drug-likeness (QED) is 0.490. The van der Waals surface area contributed by atoms with Crippen molar-refractivity contribution in [2.24, 2.45) is 0 Å². The topological polar surface area (TPSA) is 88.2 Å². The number of hydrogen-bond acceptors (Lipinski definition) is 5. The summed E-state index contributed by atoms with van der Waals surface area (Å²) in [6, 6.07) is 13.5. The molecule has 0 bridgehead atoms. The van der Waals surface area contributed by atoms with Crippen LogP contribution in [0.25, 0.3) is 0 Å². The van der Waals surface area contributed by atoms with Crippen LogP contribution in [0.4, 0.5) is 16.2 Å². The molecule has 0 spiro atoms. The normalized spacial score (nSPS) is 13.3. The molecule has 1 N–H and O–H groups in total. The highest BCUT2D eigenvalue weighted by molar-refractivity contribution is 6.00. The molecule has 31 heavy (non-hydrogen) atoms. The van der Waals surface area contributed by atoms with Gasteiger partial charge in [0.2, 0.25) is 5.91 Å². The van der Waals surface area contributed by atoms with Crippen molar-refractivity contribution in [2.75, 3.05) is 43.6 Å². The Kier molecular flexibility index (Phi) is 7.48. The van der Waals surface area contributed by atoms with E-state index in [4.69, 9.17) is 9.47 Å². The van der Waals surface area contributed by atoms with Gasteiger partial charge in [-0.3, -0.25) is 9.69 Å². The highest BCUT2D eigenvalue weighted by Gasteiger charge is 2.32. The minimum atomic E-state index is -0.384. The third kappa shape index (κ3) is 5.53. The first-order valence-electron chi connectivity index (χ1n) is 10.3. The summed E-state index contributed by atoms with van der Waals surface area (Å²) in [5, 5.41) is 2.76. The zero-order valence-electron chi connectivity index (χ0n) is 17.8. The standard InChI is InChI=1S/C23H27N3O5/c1-3-4-15-31-22(28)17-9-11-18(12-10-17)24-21(27)16-25-13-14-26(23(25)29)19-7-5-6-8-20(19)30-2/h5-12H,3-4,13-16H2,1-2H3,(H,24,27). The first-order chi connectivity index (χ1) is 15.0. The van der Waals surface area contributed by atoms with E-state index in [9.17, 15) is 14.4 Å². The van der Waals surface area contributed by atoms with Gasteiger partial charge in [0.1, 0.15) is 12.3 Å². The monoisotopic (exact) mass is 425 g/mol. The van der Waals surface area contributed by atoms with Gasteiger partial charge in [-0.2, -0.15) is 0 Å². The Bertz CT molecular complexity index is 929. The van der Waals surface area contributed by atoms with E-state index in [2.05, 4.69) is 5.32 Å². The number of benzene rings is 2. The van der Waals surface area contributed by atoms with Crippen LogP contribution in [0.5, 0.6) is 5.75 Å². The molecule has 0 aromatic heterocycles. The van der Waals surface area contributed by atoms with E-state index < -0.39 is 0 Å². The maximum Gasteiger partial charge on any atom is 0.338 e. The molecule has 0 saturated carbocycles. The van der Waals surface area contributed by atoms with Crippen molar-refractivity contribution in [3.8, 4) is 5.75 Å². The van der Waals surface area contributed by atoms with Crippen LogP contribution in [-0.4, -0.2) is 56.2 Å². The fourth-order valence-corrected chi connectivity index (χ4v) is 3.26. The predicted octanol–water partition coefficient (Wildman–Crippen LogP) is 3.53. The number of urea groups is 1. The van der Waals surface area contributed by atoms with Crippen LogP contribution in [0, 0.1) is 0 Å². The fourth-order valence-electron chi connectivity index (χ4n) is 3.26. The minimum Gasteiger partial charge on any atom is -0.495 e. The molecule has 2 aromatic carbocycles. The third-order valence-corrected chi connectivity index (χ3v) is 4.94. The average molecular weight is 425 g/mol. The number of para-hydroxylation sites is 2. The number of esters is 1. The minimum absolute atomic E-state index is 0.0642. The summed E-state index contributed by atoms with van der Waals surface area (Å²) in [6.07, 6.45) is 1.78. The molecule has 164 valence electrons. The highest BCUT2D eigenvalue weighted by atomic mass is 16.5.